The van der Waals surface area contributed by atoms with Gasteiger partial charge in [-0.05, 0) is 74.0 Å². The number of carbonyl (C=O) groups excluding carboxylic acids is 1. The van der Waals surface area contributed by atoms with Gasteiger partial charge in [0.1, 0.15) is 0 Å². The second-order valence-electron chi connectivity index (χ2n) is 6.41. The summed E-state index contributed by atoms with van der Waals surface area (Å²) in [6.07, 6.45) is 0. The molecule has 0 aliphatic heterocycles. The third kappa shape index (κ3) is 4.71. The molecule has 0 fully saturated rings. The number of anilines is 2. The molecule has 0 bridgehead atoms. The molecule has 0 radical (unpaired) electrons. The van der Waals surface area contributed by atoms with Gasteiger partial charge < -0.3 is 5.32 Å². The van der Waals surface area contributed by atoms with Crippen molar-refractivity contribution in [1.29, 1.82) is 0 Å². The van der Waals surface area contributed by atoms with Crippen LogP contribution in [0.3, 0.4) is 0 Å². The summed E-state index contributed by atoms with van der Waals surface area (Å²) in [5, 5.41) is 3.36. The Morgan fingerprint density at radius 2 is 1.54 bits per heavy atom. The van der Waals surface area contributed by atoms with Crippen molar-refractivity contribution in [3.8, 4) is 0 Å². The number of hydrogen-bond acceptors (Lipinski definition) is 3. The predicted molar refractivity (Wildman–Crippen MR) is 113 cm³/mol. The highest BCUT2D eigenvalue weighted by atomic mass is 35.5. The monoisotopic (exact) mass is 414 g/mol. The zero-order chi connectivity index (χ0) is 20.3. The first-order valence-electron chi connectivity index (χ1n) is 8.52. The van der Waals surface area contributed by atoms with E-state index in [9.17, 15) is 13.2 Å². The molecule has 0 spiro atoms. The van der Waals surface area contributed by atoms with Crippen LogP contribution in [0.2, 0.25) is 5.02 Å². The van der Waals surface area contributed by atoms with Crippen molar-refractivity contribution in [3.05, 3.63) is 88.4 Å². The molecule has 28 heavy (non-hydrogen) atoms. The highest BCUT2D eigenvalue weighted by Crippen LogP contribution is 2.22. The number of amides is 1. The maximum Gasteiger partial charge on any atom is 0.261 e. The summed E-state index contributed by atoms with van der Waals surface area (Å²) in [6.45, 7) is 3.63. The highest BCUT2D eigenvalue weighted by Gasteiger charge is 2.16. The zero-order valence-electron chi connectivity index (χ0n) is 15.4. The molecule has 0 aliphatic rings. The van der Waals surface area contributed by atoms with Crippen LogP contribution < -0.4 is 10.0 Å². The lowest BCUT2D eigenvalue weighted by Gasteiger charge is -2.12. The maximum absolute atomic E-state index is 12.6. The van der Waals surface area contributed by atoms with Crippen molar-refractivity contribution in [3.63, 3.8) is 0 Å². The molecule has 3 aromatic carbocycles. The number of sulfonamides is 1. The van der Waals surface area contributed by atoms with Gasteiger partial charge in [-0.2, -0.15) is 0 Å². The minimum atomic E-state index is -3.70. The topological polar surface area (TPSA) is 75.3 Å². The largest absolute Gasteiger partial charge is 0.322 e. The fraction of sp³-hybridized carbons (Fsp3) is 0.0952. The highest BCUT2D eigenvalue weighted by molar-refractivity contribution is 7.92. The Bertz CT molecular complexity index is 1110. The molecule has 0 saturated heterocycles. The van der Waals surface area contributed by atoms with Gasteiger partial charge in [-0.1, -0.05) is 29.3 Å². The van der Waals surface area contributed by atoms with E-state index >= 15 is 0 Å². The molecule has 1 amide bonds. The van der Waals surface area contributed by atoms with Gasteiger partial charge in [0.05, 0.1) is 10.6 Å². The Labute approximate surface area is 169 Å². The van der Waals surface area contributed by atoms with Crippen LogP contribution >= 0.6 is 11.6 Å². The van der Waals surface area contributed by atoms with Crippen molar-refractivity contribution in [2.45, 2.75) is 18.7 Å². The standard InChI is InChI=1S/C21H19ClN2O3S/c1-14-3-10-19(11-4-14)28(26,27)24-20-12-5-16(13-15(20)2)21(25)23-18-8-6-17(22)7-9-18/h3-13,24H,1-2H3,(H,23,25). The SMILES string of the molecule is Cc1ccc(S(=O)(=O)Nc2ccc(C(=O)Nc3ccc(Cl)cc3)cc2C)cc1. The van der Waals surface area contributed by atoms with Gasteiger partial charge in [-0.25, -0.2) is 8.42 Å². The lowest BCUT2D eigenvalue weighted by atomic mass is 10.1. The third-order valence-corrected chi connectivity index (χ3v) is 5.80. The molecule has 0 saturated carbocycles. The normalized spacial score (nSPS) is 11.1. The number of hydrogen-bond donors (Lipinski definition) is 2. The molecule has 0 heterocycles. The predicted octanol–water partition coefficient (Wildman–Crippen LogP) is 5.01. The number of halogens is 1. The van der Waals surface area contributed by atoms with E-state index in [0.717, 1.165) is 5.56 Å². The Hall–Kier alpha value is -2.83. The average molecular weight is 415 g/mol. The summed E-state index contributed by atoms with van der Waals surface area (Å²) in [5.74, 6) is -0.293. The van der Waals surface area contributed by atoms with E-state index in [1.54, 1.807) is 73.7 Å². The molecule has 0 atom stereocenters. The molecule has 7 heteroatoms. The third-order valence-electron chi connectivity index (χ3n) is 4.17. The molecule has 0 unspecified atom stereocenters. The van der Waals surface area contributed by atoms with Crippen LogP contribution in [0, 0.1) is 13.8 Å². The van der Waals surface area contributed by atoms with Gasteiger partial charge in [0.2, 0.25) is 0 Å². The van der Waals surface area contributed by atoms with Crippen LogP contribution in [-0.4, -0.2) is 14.3 Å². The fourth-order valence-corrected chi connectivity index (χ4v) is 3.83. The Morgan fingerprint density at radius 1 is 0.893 bits per heavy atom. The van der Waals surface area contributed by atoms with Crippen LogP contribution in [0.1, 0.15) is 21.5 Å². The smallest absolute Gasteiger partial charge is 0.261 e. The van der Waals surface area contributed by atoms with Gasteiger partial charge >= 0.3 is 0 Å². The van der Waals surface area contributed by atoms with Crippen molar-refractivity contribution in [1.82, 2.24) is 0 Å². The summed E-state index contributed by atoms with van der Waals surface area (Å²) in [4.78, 5) is 12.6. The number of nitrogens with one attached hydrogen (secondary N) is 2. The molecular formula is C21H19ClN2O3S. The average Bonchev–Trinajstić information content (AvgIpc) is 2.65. The van der Waals surface area contributed by atoms with Crippen LogP contribution in [0.15, 0.2) is 71.6 Å². The Morgan fingerprint density at radius 3 is 2.14 bits per heavy atom. The minimum Gasteiger partial charge on any atom is -0.322 e. The summed E-state index contributed by atoms with van der Waals surface area (Å²) >= 11 is 5.84. The first-order chi connectivity index (χ1) is 13.2. The number of rotatable bonds is 5. The van der Waals surface area contributed by atoms with Crippen LogP contribution in [0.5, 0.6) is 0 Å². The number of carbonyl (C=O) groups is 1. The van der Waals surface area contributed by atoms with Gasteiger partial charge in [-0.3, -0.25) is 9.52 Å². The number of benzene rings is 3. The van der Waals surface area contributed by atoms with E-state index in [-0.39, 0.29) is 10.8 Å². The minimum absolute atomic E-state index is 0.182. The summed E-state index contributed by atoms with van der Waals surface area (Å²) in [6, 6.07) is 18.2. The molecule has 144 valence electrons. The Balaban J connectivity index is 1.77. The summed E-state index contributed by atoms with van der Waals surface area (Å²) in [5.41, 5.74) is 3.08. The first kappa shape index (κ1) is 19.9. The molecule has 5 nitrogen and oxygen atoms in total. The fourth-order valence-electron chi connectivity index (χ4n) is 2.58. The summed E-state index contributed by atoms with van der Waals surface area (Å²) < 4.78 is 27.7. The molecule has 3 rings (SSSR count). The Kier molecular flexibility index (Phi) is 5.72. The second kappa shape index (κ2) is 8.04. The zero-order valence-corrected chi connectivity index (χ0v) is 16.9. The van der Waals surface area contributed by atoms with Gasteiger partial charge in [0, 0.05) is 16.3 Å². The van der Waals surface area contributed by atoms with Crippen molar-refractivity contribution in [2.75, 3.05) is 10.0 Å². The van der Waals surface area contributed by atoms with Crippen molar-refractivity contribution >= 4 is 38.9 Å². The van der Waals surface area contributed by atoms with Crippen LogP contribution in [-0.2, 0) is 10.0 Å². The molecule has 0 aliphatic carbocycles. The van der Waals surface area contributed by atoms with E-state index in [1.165, 1.54) is 0 Å². The van der Waals surface area contributed by atoms with Crippen LogP contribution in [0.4, 0.5) is 11.4 Å². The van der Waals surface area contributed by atoms with E-state index in [0.29, 0.717) is 27.5 Å². The van der Waals surface area contributed by atoms with E-state index in [4.69, 9.17) is 11.6 Å². The molecule has 2 N–H and O–H groups in total. The van der Waals surface area contributed by atoms with Crippen LogP contribution in [0.25, 0.3) is 0 Å². The van der Waals surface area contributed by atoms with Gasteiger partial charge in [0.25, 0.3) is 15.9 Å². The number of aryl methyl sites for hydroxylation is 2. The van der Waals surface area contributed by atoms with Gasteiger partial charge in [-0.15, -0.1) is 0 Å². The van der Waals surface area contributed by atoms with Gasteiger partial charge in [0.15, 0.2) is 0 Å². The second-order valence-corrected chi connectivity index (χ2v) is 8.53. The molecule has 3 aromatic rings. The summed E-state index contributed by atoms with van der Waals surface area (Å²) in [7, 11) is -3.70. The van der Waals surface area contributed by atoms with E-state index < -0.39 is 10.0 Å². The van der Waals surface area contributed by atoms with Crippen molar-refractivity contribution < 1.29 is 13.2 Å². The quantitative estimate of drug-likeness (QED) is 0.616. The maximum atomic E-state index is 12.6. The van der Waals surface area contributed by atoms with E-state index in [1.807, 2.05) is 6.92 Å². The molecule has 0 aromatic heterocycles. The van der Waals surface area contributed by atoms with E-state index in [2.05, 4.69) is 10.0 Å². The lowest BCUT2D eigenvalue weighted by molar-refractivity contribution is 0.102. The first-order valence-corrected chi connectivity index (χ1v) is 10.4. The molecular weight excluding hydrogens is 396 g/mol. The van der Waals surface area contributed by atoms with Crippen molar-refractivity contribution in [2.24, 2.45) is 0 Å². The lowest BCUT2D eigenvalue weighted by Crippen LogP contribution is -2.15.